The predicted molar refractivity (Wildman–Crippen MR) is 80.6 cm³/mol. The number of nitrogens with one attached hydrogen (secondary N) is 1. The van der Waals surface area contributed by atoms with Crippen LogP contribution in [0.3, 0.4) is 0 Å². The average molecular weight is 327 g/mol. The Balaban J connectivity index is 2.34. The first-order chi connectivity index (χ1) is 9.83. The molecule has 0 amide bonds. The van der Waals surface area contributed by atoms with E-state index in [9.17, 15) is 18.5 Å². The number of hydrogen-bond donors (Lipinski definition) is 2. The van der Waals surface area contributed by atoms with E-state index in [4.69, 9.17) is 5.73 Å². The summed E-state index contributed by atoms with van der Waals surface area (Å²) < 4.78 is 26.9. The van der Waals surface area contributed by atoms with Gasteiger partial charge in [0.1, 0.15) is 5.69 Å². The SMILES string of the molecule is Cc1cscc1CNS(=O)(=O)c1cccc(N)c1[N+](=O)[O-]. The summed E-state index contributed by atoms with van der Waals surface area (Å²) in [5, 5.41) is 14.7. The maximum atomic E-state index is 12.2. The zero-order valence-electron chi connectivity index (χ0n) is 11.1. The number of nitrogen functional groups attached to an aromatic ring is 1. The minimum atomic E-state index is -4.02. The first-order valence-electron chi connectivity index (χ1n) is 5.87. The summed E-state index contributed by atoms with van der Waals surface area (Å²) in [4.78, 5) is 9.79. The number of rotatable bonds is 5. The molecule has 0 unspecified atom stereocenters. The molecule has 1 heterocycles. The van der Waals surface area contributed by atoms with E-state index in [1.54, 1.807) is 0 Å². The Morgan fingerprint density at radius 1 is 1.38 bits per heavy atom. The number of benzene rings is 1. The van der Waals surface area contributed by atoms with Crippen LogP contribution in [0, 0.1) is 17.0 Å². The van der Waals surface area contributed by atoms with Gasteiger partial charge in [-0.05, 0) is 40.9 Å². The number of sulfonamides is 1. The Morgan fingerprint density at radius 2 is 2.10 bits per heavy atom. The van der Waals surface area contributed by atoms with Crippen molar-refractivity contribution in [1.29, 1.82) is 0 Å². The van der Waals surface area contributed by atoms with E-state index < -0.39 is 25.5 Å². The van der Waals surface area contributed by atoms with Crippen molar-refractivity contribution in [3.8, 4) is 0 Å². The topological polar surface area (TPSA) is 115 Å². The average Bonchev–Trinajstić information content (AvgIpc) is 2.81. The molecule has 7 nitrogen and oxygen atoms in total. The molecule has 0 saturated carbocycles. The van der Waals surface area contributed by atoms with Crippen molar-refractivity contribution in [3.63, 3.8) is 0 Å². The van der Waals surface area contributed by atoms with E-state index in [1.165, 1.54) is 23.5 Å². The van der Waals surface area contributed by atoms with Gasteiger partial charge in [-0.15, -0.1) is 0 Å². The van der Waals surface area contributed by atoms with Crippen LogP contribution in [0.5, 0.6) is 0 Å². The van der Waals surface area contributed by atoms with E-state index in [1.807, 2.05) is 17.7 Å². The van der Waals surface area contributed by atoms with Gasteiger partial charge in [-0.25, -0.2) is 13.1 Å². The lowest BCUT2D eigenvalue weighted by Crippen LogP contribution is -2.24. The van der Waals surface area contributed by atoms with Crippen LogP contribution >= 0.6 is 11.3 Å². The van der Waals surface area contributed by atoms with Gasteiger partial charge in [-0.3, -0.25) is 10.1 Å². The van der Waals surface area contributed by atoms with Crippen LogP contribution in [0.15, 0.2) is 33.9 Å². The summed E-state index contributed by atoms with van der Waals surface area (Å²) in [6.45, 7) is 1.94. The molecule has 0 saturated heterocycles. The van der Waals surface area contributed by atoms with E-state index >= 15 is 0 Å². The zero-order valence-corrected chi connectivity index (χ0v) is 12.7. The molecule has 0 aliphatic carbocycles. The minimum Gasteiger partial charge on any atom is -0.393 e. The van der Waals surface area contributed by atoms with Crippen molar-refractivity contribution in [1.82, 2.24) is 4.72 Å². The molecule has 3 N–H and O–H groups in total. The van der Waals surface area contributed by atoms with Crippen LogP contribution in [0.2, 0.25) is 0 Å². The summed E-state index contributed by atoms with van der Waals surface area (Å²) in [6, 6.07) is 3.82. The number of thiophene rings is 1. The van der Waals surface area contributed by atoms with Crippen molar-refractivity contribution < 1.29 is 13.3 Å². The number of nitrogens with two attached hydrogens (primary N) is 1. The Kier molecular flexibility index (Phi) is 4.26. The second-order valence-electron chi connectivity index (χ2n) is 4.36. The molecule has 0 aliphatic rings. The van der Waals surface area contributed by atoms with Crippen LogP contribution in [0.25, 0.3) is 0 Å². The van der Waals surface area contributed by atoms with E-state index in [0.717, 1.165) is 17.2 Å². The number of nitro benzene ring substituents is 1. The Morgan fingerprint density at radius 3 is 2.67 bits per heavy atom. The molecular formula is C12H13N3O4S2. The highest BCUT2D eigenvalue weighted by Gasteiger charge is 2.27. The molecule has 0 radical (unpaired) electrons. The van der Waals surface area contributed by atoms with Crippen molar-refractivity contribution >= 4 is 32.7 Å². The molecule has 0 aliphatic heterocycles. The molecular weight excluding hydrogens is 314 g/mol. The van der Waals surface area contributed by atoms with Crippen LogP contribution < -0.4 is 10.5 Å². The van der Waals surface area contributed by atoms with Crippen LogP contribution in [-0.4, -0.2) is 13.3 Å². The summed E-state index contributed by atoms with van der Waals surface area (Å²) in [5.41, 5.74) is 6.50. The molecule has 112 valence electrons. The lowest BCUT2D eigenvalue weighted by Gasteiger charge is -2.08. The van der Waals surface area contributed by atoms with E-state index in [-0.39, 0.29) is 12.2 Å². The van der Waals surface area contributed by atoms with Gasteiger partial charge < -0.3 is 5.73 Å². The minimum absolute atomic E-state index is 0.0730. The maximum absolute atomic E-state index is 12.2. The van der Waals surface area contributed by atoms with Crippen molar-refractivity contribution in [2.45, 2.75) is 18.4 Å². The third kappa shape index (κ3) is 3.20. The lowest BCUT2D eigenvalue weighted by atomic mass is 10.2. The van der Waals surface area contributed by atoms with Gasteiger partial charge >= 0.3 is 5.69 Å². The quantitative estimate of drug-likeness (QED) is 0.495. The molecule has 21 heavy (non-hydrogen) atoms. The standard InChI is InChI=1S/C12H13N3O4S2/c1-8-6-20-7-9(8)5-14-21(18,19)11-4-2-3-10(13)12(11)15(16)17/h2-4,6-7,14H,5,13H2,1H3. The summed E-state index contributed by atoms with van der Waals surface area (Å²) in [6.07, 6.45) is 0. The maximum Gasteiger partial charge on any atom is 0.312 e. The molecule has 2 rings (SSSR count). The number of hydrogen-bond acceptors (Lipinski definition) is 6. The van der Waals surface area contributed by atoms with Crippen molar-refractivity contribution in [3.05, 3.63) is 50.2 Å². The van der Waals surface area contributed by atoms with Gasteiger partial charge in [0.2, 0.25) is 10.0 Å². The second-order valence-corrected chi connectivity index (χ2v) is 6.83. The molecule has 0 spiro atoms. The number of nitrogens with zero attached hydrogens (tertiary/aromatic N) is 1. The predicted octanol–water partition coefficient (Wildman–Crippen LogP) is 2.03. The van der Waals surface area contributed by atoms with Crippen molar-refractivity contribution in [2.24, 2.45) is 0 Å². The zero-order chi connectivity index (χ0) is 15.6. The van der Waals surface area contributed by atoms with Gasteiger partial charge in [0, 0.05) is 6.54 Å². The normalized spacial score (nSPS) is 11.5. The molecule has 0 bridgehead atoms. The largest absolute Gasteiger partial charge is 0.393 e. The summed E-state index contributed by atoms with van der Waals surface area (Å²) in [5.74, 6) is 0. The highest BCUT2D eigenvalue weighted by molar-refractivity contribution is 7.89. The lowest BCUT2D eigenvalue weighted by molar-refractivity contribution is -0.386. The molecule has 1 aromatic heterocycles. The Bertz CT molecular complexity index is 784. The first kappa shape index (κ1) is 15.4. The second kappa shape index (κ2) is 5.80. The molecule has 1 aromatic carbocycles. The highest BCUT2D eigenvalue weighted by Crippen LogP contribution is 2.29. The molecule has 0 fully saturated rings. The molecule has 9 heteroatoms. The molecule has 0 atom stereocenters. The van der Waals surface area contributed by atoms with Gasteiger partial charge in [0.15, 0.2) is 4.90 Å². The van der Waals surface area contributed by atoms with Gasteiger partial charge in [-0.2, -0.15) is 11.3 Å². The van der Waals surface area contributed by atoms with Gasteiger partial charge in [0.25, 0.3) is 0 Å². The smallest absolute Gasteiger partial charge is 0.312 e. The van der Waals surface area contributed by atoms with Crippen LogP contribution in [0.1, 0.15) is 11.1 Å². The third-order valence-corrected chi connectivity index (χ3v) is 5.26. The summed E-state index contributed by atoms with van der Waals surface area (Å²) in [7, 11) is -4.02. The van der Waals surface area contributed by atoms with Crippen molar-refractivity contribution in [2.75, 3.05) is 5.73 Å². The molecule has 2 aromatic rings. The fourth-order valence-corrected chi connectivity index (χ4v) is 3.83. The number of anilines is 1. The van der Waals surface area contributed by atoms with Crippen LogP contribution in [-0.2, 0) is 16.6 Å². The monoisotopic (exact) mass is 327 g/mol. The third-order valence-electron chi connectivity index (χ3n) is 2.92. The first-order valence-corrected chi connectivity index (χ1v) is 8.29. The fraction of sp³-hybridized carbons (Fsp3) is 0.167. The fourth-order valence-electron chi connectivity index (χ4n) is 1.77. The number of aryl methyl sites for hydroxylation is 1. The van der Waals surface area contributed by atoms with E-state index in [2.05, 4.69) is 4.72 Å². The van der Waals surface area contributed by atoms with Gasteiger partial charge in [-0.1, -0.05) is 6.07 Å². The Labute approximate surface area is 125 Å². The summed E-state index contributed by atoms with van der Waals surface area (Å²) >= 11 is 1.46. The van der Waals surface area contributed by atoms with Gasteiger partial charge in [0.05, 0.1) is 4.92 Å². The van der Waals surface area contributed by atoms with E-state index in [0.29, 0.717) is 0 Å². The number of nitro groups is 1. The van der Waals surface area contributed by atoms with Crippen LogP contribution in [0.4, 0.5) is 11.4 Å². The number of para-hydroxylation sites is 1. The Hall–Kier alpha value is -1.97. The highest BCUT2D eigenvalue weighted by atomic mass is 32.2.